The number of nitrogens with one attached hydrogen (secondary N) is 1. The van der Waals surface area contributed by atoms with Gasteiger partial charge in [0.15, 0.2) is 0 Å². The molecule has 1 aromatic heterocycles. The van der Waals surface area contributed by atoms with Crippen molar-refractivity contribution in [2.45, 2.75) is 38.5 Å². The van der Waals surface area contributed by atoms with Crippen LogP contribution in [0.4, 0.5) is 0 Å². The Labute approximate surface area is 182 Å². The minimum atomic E-state index is 0.0218. The third-order valence-electron chi connectivity index (χ3n) is 8.04. The van der Waals surface area contributed by atoms with Gasteiger partial charge in [0.1, 0.15) is 0 Å². The lowest BCUT2D eigenvalue weighted by Gasteiger charge is -2.21. The molecule has 150 valence electrons. The molecule has 4 aromatic carbocycles. The molecule has 0 amide bonds. The predicted molar refractivity (Wildman–Crippen MR) is 131 cm³/mol. The smallest absolute Gasteiger partial charge is 0.0547 e. The first kappa shape index (κ1) is 17.4. The second kappa shape index (κ2) is 5.29. The summed E-state index contributed by atoms with van der Waals surface area (Å²) in [7, 11) is 0. The zero-order valence-electron chi connectivity index (χ0n) is 18.4. The van der Waals surface area contributed by atoms with Crippen molar-refractivity contribution in [2.24, 2.45) is 0 Å². The van der Waals surface area contributed by atoms with E-state index in [1.165, 1.54) is 66.3 Å². The van der Waals surface area contributed by atoms with Crippen LogP contribution in [0.1, 0.15) is 49.9 Å². The number of H-pyrrole nitrogens is 1. The molecule has 5 aromatic rings. The van der Waals surface area contributed by atoms with Crippen LogP contribution in [0.25, 0.3) is 44.1 Å². The van der Waals surface area contributed by atoms with E-state index >= 15 is 0 Å². The van der Waals surface area contributed by atoms with Crippen molar-refractivity contribution in [3.63, 3.8) is 0 Å². The van der Waals surface area contributed by atoms with Gasteiger partial charge in [0, 0.05) is 32.7 Å². The Bertz CT molecular complexity index is 1460. The summed E-state index contributed by atoms with van der Waals surface area (Å²) in [5.74, 6) is 0. The van der Waals surface area contributed by atoms with E-state index in [0.29, 0.717) is 0 Å². The van der Waals surface area contributed by atoms with Crippen LogP contribution in [0.15, 0.2) is 72.8 Å². The van der Waals surface area contributed by atoms with Crippen molar-refractivity contribution in [1.82, 2.24) is 4.98 Å². The number of rotatable bonds is 0. The molecule has 0 saturated heterocycles. The molecule has 2 aliphatic carbocycles. The standard InChI is InChI=1S/C30H25N/c1-29(2)21-11-7-5-9-19(21)25-23(29)15-13-17-18-14-16-24-26(28(18)31-27(17)25)20-10-6-8-12-22(20)30(24,3)4/h5-16,31H,1-4H3. The molecule has 1 nitrogen and oxygen atoms in total. The molecular formula is C30H25N. The van der Waals surface area contributed by atoms with Crippen LogP contribution < -0.4 is 0 Å². The highest BCUT2D eigenvalue weighted by Gasteiger charge is 2.39. The van der Waals surface area contributed by atoms with Gasteiger partial charge in [-0.05, 0) is 33.4 Å². The van der Waals surface area contributed by atoms with E-state index < -0.39 is 0 Å². The van der Waals surface area contributed by atoms with Gasteiger partial charge in [-0.3, -0.25) is 0 Å². The molecule has 0 aliphatic heterocycles. The van der Waals surface area contributed by atoms with Crippen molar-refractivity contribution in [1.29, 1.82) is 0 Å². The molecule has 0 radical (unpaired) electrons. The number of aromatic amines is 1. The van der Waals surface area contributed by atoms with Gasteiger partial charge in [-0.1, -0.05) is 100 Å². The number of hydrogen-bond acceptors (Lipinski definition) is 0. The Kier molecular flexibility index (Phi) is 2.96. The molecule has 31 heavy (non-hydrogen) atoms. The van der Waals surface area contributed by atoms with E-state index in [0.717, 1.165) is 0 Å². The molecule has 0 spiro atoms. The summed E-state index contributed by atoms with van der Waals surface area (Å²) in [6.07, 6.45) is 0. The van der Waals surface area contributed by atoms with Crippen LogP contribution in [-0.4, -0.2) is 4.98 Å². The molecule has 0 saturated carbocycles. The molecule has 0 atom stereocenters. The number of hydrogen-bond donors (Lipinski definition) is 1. The maximum absolute atomic E-state index is 3.94. The van der Waals surface area contributed by atoms with Gasteiger partial charge in [-0.2, -0.15) is 0 Å². The lowest BCUT2D eigenvalue weighted by atomic mass is 9.82. The van der Waals surface area contributed by atoms with Crippen molar-refractivity contribution >= 4 is 21.8 Å². The zero-order valence-corrected chi connectivity index (χ0v) is 18.4. The predicted octanol–water partition coefficient (Wildman–Crippen LogP) is 7.93. The van der Waals surface area contributed by atoms with Crippen LogP contribution in [0.5, 0.6) is 0 Å². The van der Waals surface area contributed by atoms with E-state index in [4.69, 9.17) is 0 Å². The van der Waals surface area contributed by atoms with E-state index in [1.54, 1.807) is 0 Å². The molecule has 0 unspecified atom stereocenters. The van der Waals surface area contributed by atoms with Crippen molar-refractivity contribution in [3.05, 3.63) is 95.1 Å². The van der Waals surface area contributed by atoms with Crippen LogP contribution in [0.3, 0.4) is 0 Å². The summed E-state index contributed by atoms with van der Waals surface area (Å²) >= 11 is 0. The Morgan fingerprint density at radius 2 is 0.903 bits per heavy atom. The second-order valence-corrected chi connectivity index (χ2v) is 10.3. The van der Waals surface area contributed by atoms with E-state index in [9.17, 15) is 0 Å². The Hall–Kier alpha value is -3.32. The first-order valence-corrected chi connectivity index (χ1v) is 11.2. The summed E-state index contributed by atoms with van der Waals surface area (Å²) in [5, 5.41) is 2.65. The number of fused-ring (bicyclic) bond motifs is 11. The zero-order chi connectivity index (χ0) is 21.1. The third kappa shape index (κ3) is 1.89. The number of aromatic nitrogens is 1. The average molecular weight is 400 g/mol. The normalized spacial score (nSPS) is 16.9. The van der Waals surface area contributed by atoms with Crippen LogP contribution in [0.2, 0.25) is 0 Å². The molecule has 1 N–H and O–H groups in total. The van der Waals surface area contributed by atoms with Gasteiger partial charge in [0.05, 0.1) is 11.0 Å². The average Bonchev–Trinajstić information content (AvgIpc) is 3.34. The number of benzene rings is 4. The van der Waals surface area contributed by atoms with Crippen LogP contribution in [-0.2, 0) is 10.8 Å². The molecule has 7 rings (SSSR count). The molecule has 0 fully saturated rings. The van der Waals surface area contributed by atoms with Crippen LogP contribution in [0, 0.1) is 0 Å². The monoisotopic (exact) mass is 399 g/mol. The SMILES string of the molecule is CC1(C)c2ccccc2-c2c1ccc1c2[nH]c2c3c(ccc21)C(C)(C)c1ccccc1-3. The van der Waals surface area contributed by atoms with Gasteiger partial charge < -0.3 is 4.98 Å². The summed E-state index contributed by atoms with van der Waals surface area (Å²) in [6.45, 7) is 9.40. The van der Waals surface area contributed by atoms with E-state index in [-0.39, 0.29) is 10.8 Å². The highest BCUT2D eigenvalue weighted by atomic mass is 14.7. The molecule has 2 aliphatic rings. The van der Waals surface area contributed by atoms with E-state index in [2.05, 4.69) is 105 Å². The topological polar surface area (TPSA) is 15.8 Å². The van der Waals surface area contributed by atoms with E-state index in [1.807, 2.05) is 0 Å². The molecule has 1 heterocycles. The highest BCUT2D eigenvalue weighted by molar-refractivity contribution is 6.18. The molecular weight excluding hydrogens is 374 g/mol. The lowest BCUT2D eigenvalue weighted by Crippen LogP contribution is -2.14. The highest BCUT2D eigenvalue weighted by Crippen LogP contribution is 2.54. The van der Waals surface area contributed by atoms with Gasteiger partial charge in [-0.25, -0.2) is 0 Å². The Morgan fingerprint density at radius 1 is 0.484 bits per heavy atom. The maximum Gasteiger partial charge on any atom is 0.0547 e. The minimum Gasteiger partial charge on any atom is -0.353 e. The minimum absolute atomic E-state index is 0.0218. The summed E-state index contributed by atoms with van der Waals surface area (Å²) < 4.78 is 0. The van der Waals surface area contributed by atoms with Gasteiger partial charge in [0.2, 0.25) is 0 Å². The Morgan fingerprint density at radius 3 is 1.35 bits per heavy atom. The van der Waals surface area contributed by atoms with Crippen molar-refractivity contribution in [2.75, 3.05) is 0 Å². The summed E-state index contributed by atoms with van der Waals surface area (Å²) in [5.41, 5.74) is 13.8. The fraction of sp³-hybridized carbons (Fsp3) is 0.200. The summed E-state index contributed by atoms with van der Waals surface area (Å²) in [4.78, 5) is 3.94. The first-order valence-electron chi connectivity index (χ1n) is 11.2. The van der Waals surface area contributed by atoms with Gasteiger partial charge in [-0.15, -0.1) is 0 Å². The fourth-order valence-electron chi connectivity index (χ4n) is 6.42. The Balaban J connectivity index is 1.65. The van der Waals surface area contributed by atoms with Gasteiger partial charge >= 0.3 is 0 Å². The first-order chi connectivity index (χ1) is 14.9. The largest absolute Gasteiger partial charge is 0.353 e. The van der Waals surface area contributed by atoms with Crippen molar-refractivity contribution < 1.29 is 0 Å². The third-order valence-corrected chi connectivity index (χ3v) is 8.04. The molecule has 1 heteroatoms. The lowest BCUT2D eigenvalue weighted by molar-refractivity contribution is 0.660. The van der Waals surface area contributed by atoms with Gasteiger partial charge in [0.25, 0.3) is 0 Å². The van der Waals surface area contributed by atoms with Crippen LogP contribution >= 0.6 is 0 Å². The quantitative estimate of drug-likeness (QED) is 0.272. The maximum atomic E-state index is 3.94. The summed E-state index contributed by atoms with van der Waals surface area (Å²) in [6, 6.07) is 27.2. The fourth-order valence-corrected chi connectivity index (χ4v) is 6.42. The second-order valence-electron chi connectivity index (χ2n) is 10.3. The van der Waals surface area contributed by atoms with Crippen molar-refractivity contribution in [3.8, 4) is 22.3 Å². The molecule has 0 bridgehead atoms.